The lowest BCUT2D eigenvalue weighted by molar-refractivity contribution is -0.138. The summed E-state index contributed by atoms with van der Waals surface area (Å²) in [6, 6.07) is 7.70. The van der Waals surface area contributed by atoms with Crippen LogP contribution in [-0.4, -0.2) is 27.7 Å². The number of alkyl halides is 1. The van der Waals surface area contributed by atoms with Crippen molar-refractivity contribution in [2.45, 2.75) is 30.7 Å². The molecule has 0 aliphatic heterocycles. The van der Waals surface area contributed by atoms with Crippen molar-refractivity contribution in [1.29, 1.82) is 0 Å². The third-order valence-corrected chi connectivity index (χ3v) is 5.22. The van der Waals surface area contributed by atoms with Crippen molar-refractivity contribution in [3.05, 3.63) is 63.4 Å². The molecule has 1 heterocycles. The Morgan fingerprint density at radius 2 is 2.08 bits per heavy atom. The molecule has 3 rings (SSSR count). The lowest BCUT2D eigenvalue weighted by atomic mass is 9.74. The Kier molecular flexibility index (Phi) is 5.21. The van der Waals surface area contributed by atoms with Crippen molar-refractivity contribution in [3.8, 4) is 0 Å². The van der Waals surface area contributed by atoms with Gasteiger partial charge in [-0.1, -0.05) is 35.3 Å². The fraction of sp³-hybridized carbons (Fsp3) is 0.333. The van der Waals surface area contributed by atoms with Gasteiger partial charge in [-0.15, -0.1) is 0 Å². The Hall–Kier alpha value is -1.73. The third-order valence-electron chi connectivity index (χ3n) is 4.63. The quantitative estimate of drug-likeness (QED) is 0.739. The molecule has 2 atom stereocenters. The molecule has 1 aromatic heterocycles. The summed E-state index contributed by atoms with van der Waals surface area (Å²) in [5.74, 6) is -0.849. The number of carbonyl (C=O) groups is 1. The van der Waals surface area contributed by atoms with Crippen molar-refractivity contribution in [1.82, 2.24) is 10.3 Å². The van der Waals surface area contributed by atoms with Crippen LogP contribution in [0.15, 0.2) is 36.5 Å². The summed E-state index contributed by atoms with van der Waals surface area (Å²) < 4.78 is 15.6. The number of fused-ring (bicyclic) bond motifs is 1. The van der Waals surface area contributed by atoms with E-state index in [1.807, 2.05) is 0 Å². The van der Waals surface area contributed by atoms with Crippen LogP contribution >= 0.6 is 23.2 Å². The van der Waals surface area contributed by atoms with Gasteiger partial charge in [-0.3, -0.25) is 9.78 Å². The second kappa shape index (κ2) is 7.12. The first-order valence-corrected chi connectivity index (χ1v) is 8.76. The van der Waals surface area contributed by atoms with E-state index in [1.54, 1.807) is 12.1 Å². The van der Waals surface area contributed by atoms with Gasteiger partial charge in [0.25, 0.3) is 5.91 Å². The molecule has 0 fully saturated rings. The van der Waals surface area contributed by atoms with Crippen LogP contribution in [0.4, 0.5) is 4.39 Å². The number of aromatic nitrogens is 1. The largest absolute Gasteiger partial charge is 0.393 e. The lowest BCUT2D eigenvalue weighted by Crippen LogP contribution is -2.49. The molecule has 0 radical (unpaired) electrons. The maximum atomic E-state index is 15.6. The first-order chi connectivity index (χ1) is 12.3. The number of aliphatic hydroxyl groups excluding tert-OH is 1. The molecule has 0 spiro atoms. The van der Waals surface area contributed by atoms with Gasteiger partial charge in [0.05, 0.1) is 12.3 Å². The number of hydrogen-bond donors (Lipinski definition) is 3. The van der Waals surface area contributed by atoms with E-state index in [0.29, 0.717) is 15.6 Å². The van der Waals surface area contributed by atoms with E-state index in [4.69, 9.17) is 23.2 Å². The van der Waals surface area contributed by atoms with Crippen molar-refractivity contribution in [2.24, 2.45) is 0 Å². The maximum Gasteiger partial charge on any atom is 0.262 e. The molecule has 138 valence electrons. The van der Waals surface area contributed by atoms with Crippen LogP contribution in [0.3, 0.4) is 0 Å². The smallest absolute Gasteiger partial charge is 0.262 e. The average Bonchev–Trinajstić information content (AvgIpc) is 2.64. The van der Waals surface area contributed by atoms with Crippen molar-refractivity contribution < 1.29 is 19.4 Å². The summed E-state index contributed by atoms with van der Waals surface area (Å²) in [5, 5.41) is 23.3. The van der Waals surface area contributed by atoms with Gasteiger partial charge in [0.15, 0.2) is 0 Å². The van der Waals surface area contributed by atoms with Crippen LogP contribution in [0.1, 0.15) is 29.7 Å². The van der Waals surface area contributed by atoms with Crippen molar-refractivity contribution in [2.75, 3.05) is 6.61 Å². The molecule has 0 saturated heterocycles. The normalized spacial score (nSPS) is 24.8. The SMILES string of the molecule is O=C(NCc1ccc(Cl)cc1Cl)C1(F)CCC(O)(CO)c2ncccc21. The topological polar surface area (TPSA) is 82.5 Å². The lowest BCUT2D eigenvalue weighted by Gasteiger charge is -2.38. The molecule has 8 heteroatoms. The molecule has 5 nitrogen and oxygen atoms in total. The highest BCUT2D eigenvalue weighted by Gasteiger charge is 2.51. The van der Waals surface area contributed by atoms with E-state index in [-0.39, 0.29) is 30.6 Å². The zero-order valence-corrected chi connectivity index (χ0v) is 15.2. The van der Waals surface area contributed by atoms with Crippen LogP contribution in [0.25, 0.3) is 0 Å². The molecule has 1 aliphatic rings. The van der Waals surface area contributed by atoms with E-state index in [2.05, 4.69) is 10.3 Å². The minimum absolute atomic E-state index is 0.0177. The highest BCUT2D eigenvalue weighted by molar-refractivity contribution is 6.35. The number of carbonyl (C=O) groups excluding carboxylic acids is 1. The number of aliphatic hydroxyl groups is 2. The van der Waals surface area contributed by atoms with Gasteiger partial charge in [0.1, 0.15) is 5.60 Å². The Labute approximate surface area is 159 Å². The summed E-state index contributed by atoms with van der Waals surface area (Å²) in [6.45, 7) is -0.574. The number of nitrogens with one attached hydrogen (secondary N) is 1. The summed E-state index contributed by atoms with van der Waals surface area (Å²) >= 11 is 11.9. The number of pyridine rings is 1. The third kappa shape index (κ3) is 3.30. The number of rotatable bonds is 4. The fourth-order valence-corrected chi connectivity index (χ4v) is 3.57. The minimum atomic E-state index is -2.36. The highest BCUT2D eigenvalue weighted by Crippen LogP contribution is 2.45. The number of benzene rings is 1. The Bertz CT molecular complexity index is 851. The van der Waals surface area contributed by atoms with E-state index in [9.17, 15) is 15.0 Å². The molecule has 1 aromatic carbocycles. The fourth-order valence-electron chi connectivity index (χ4n) is 3.10. The first-order valence-electron chi connectivity index (χ1n) is 8.00. The van der Waals surface area contributed by atoms with E-state index < -0.39 is 23.8 Å². The summed E-state index contributed by atoms with van der Waals surface area (Å²) in [4.78, 5) is 16.6. The maximum absolute atomic E-state index is 15.6. The number of nitrogens with zero attached hydrogens (tertiary/aromatic N) is 1. The molecule has 1 aliphatic carbocycles. The van der Waals surface area contributed by atoms with Crippen LogP contribution < -0.4 is 5.32 Å². The average molecular weight is 399 g/mol. The van der Waals surface area contributed by atoms with Crippen LogP contribution in [0.2, 0.25) is 10.0 Å². The predicted octanol–water partition coefficient (Wildman–Crippen LogP) is 2.84. The Morgan fingerprint density at radius 3 is 2.77 bits per heavy atom. The van der Waals surface area contributed by atoms with Crippen LogP contribution in [0, 0.1) is 0 Å². The van der Waals surface area contributed by atoms with Gasteiger partial charge < -0.3 is 15.5 Å². The van der Waals surface area contributed by atoms with E-state index >= 15 is 4.39 Å². The minimum Gasteiger partial charge on any atom is -0.393 e. The first kappa shape index (κ1) is 19.0. The summed E-state index contributed by atoms with van der Waals surface area (Å²) in [6.07, 6.45) is 0.985. The Morgan fingerprint density at radius 1 is 1.31 bits per heavy atom. The molecule has 0 saturated carbocycles. The Balaban J connectivity index is 1.85. The van der Waals surface area contributed by atoms with Gasteiger partial charge in [-0.25, -0.2) is 4.39 Å². The molecule has 26 heavy (non-hydrogen) atoms. The standard InChI is InChI=1S/C18H17Cl2FN2O3/c19-12-4-3-11(14(20)8-12)9-23-16(25)18(21)6-5-17(26,10-24)15-13(18)2-1-7-22-15/h1-4,7-8,24,26H,5-6,9-10H2,(H,23,25). The monoisotopic (exact) mass is 398 g/mol. The summed E-state index contributed by atoms with van der Waals surface area (Å²) in [7, 11) is 0. The molecule has 2 aromatic rings. The van der Waals surface area contributed by atoms with Crippen molar-refractivity contribution in [3.63, 3.8) is 0 Å². The van der Waals surface area contributed by atoms with Gasteiger partial charge in [0.2, 0.25) is 5.67 Å². The van der Waals surface area contributed by atoms with E-state index in [1.165, 1.54) is 24.4 Å². The predicted molar refractivity (Wildman–Crippen MR) is 95.5 cm³/mol. The van der Waals surface area contributed by atoms with Crippen LogP contribution in [0.5, 0.6) is 0 Å². The zero-order chi connectivity index (χ0) is 18.9. The van der Waals surface area contributed by atoms with Crippen molar-refractivity contribution >= 4 is 29.1 Å². The number of hydrogen-bond acceptors (Lipinski definition) is 4. The zero-order valence-electron chi connectivity index (χ0n) is 13.7. The van der Waals surface area contributed by atoms with E-state index in [0.717, 1.165) is 0 Å². The highest BCUT2D eigenvalue weighted by atomic mass is 35.5. The molecular formula is C18H17Cl2FN2O3. The summed E-state index contributed by atoms with van der Waals surface area (Å²) in [5.41, 5.74) is -3.48. The van der Waals surface area contributed by atoms with Gasteiger partial charge in [0, 0.05) is 28.4 Å². The van der Waals surface area contributed by atoms with Gasteiger partial charge in [-0.2, -0.15) is 0 Å². The molecular weight excluding hydrogens is 382 g/mol. The van der Waals surface area contributed by atoms with Crippen LogP contribution in [-0.2, 0) is 22.6 Å². The second-order valence-electron chi connectivity index (χ2n) is 6.31. The molecule has 1 amide bonds. The molecule has 0 bridgehead atoms. The second-order valence-corrected chi connectivity index (χ2v) is 7.15. The van der Waals surface area contributed by atoms with Gasteiger partial charge in [-0.05, 0) is 36.6 Å². The number of halogens is 3. The molecule has 3 N–H and O–H groups in total. The molecule has 2 unspecified atom stereocenters. The number of amides is 1. The van der Waals surface area contributed by atoms with Gasteiger partial charge >= 0.3 is 0 Å².